The lowest BCUT2D eigenvalue weighted by Gasteiger charge is -2.26. The summed E-state index contributed by atoms with van der Waals surface area (Å²) in [6, 6.07) is 1.69. The van der Waals surface area contributed by atoms with Gasteiger partial charge in [0.15, 0.2) is 0 Å². The first-order chi connectivity index (χ1) is 13.8. The van der Waals surface area contributed by atoms with Crippen LogP contribution in [0.5, 0.6) is 0 Å². The molecule has 160 valence electrons. The second-order valence-electron chi connectivity index (χ2n) is 8.00. The van der Waals surface area contributed by atoms with E-state index in [-0.39, 0.29) is 43.3 Å². The minimum Gasteiger partial charge on any atom is -0.483 e. The third kappa shape index (κ3) is 4.58. The molecule has 29 heavy (non-hydrogen) atoms. The maximum absolute atomic E-state index is 13.3. The Morgan fingerprint density at radius 1 is 1.24 bits per heavy atom. The SMILES string of the molecule is CN1C[C@@H](NC(=O)c2cc[nH]c2)CC[C@@H](C(=O)N2CC3C(C2)C3(F)F)C1.O=CO. The largest absolute Gasteiger partial charge is 0.483 e. The molecule has 10 heteroatoms. The lowest BCUT2D eigenvalue weighted by atomic mass is 10.00. The van der Waals surface area contributed by atoms with Gasteiger partial charge in [-0.1, -0.05) is 0 Å². The molecule has 2 saturated heterocycles. The monoisotopic (exact) mass is 412 g/mol. The Kier molecular flexibility index (Phi) is 6.21. The van der Waals surface area contributed by atoms with Gasteiger partial charge < -0.3 is 25.2 Å². The van der Waals surface area contributed by atoms with Crippen LogP contribution in [0.1, 0.15) is 23.2 Å². The standard InChI is InChI=1S/C18H24F2N4O2.CH2O2/c1-23-7-12(17(26)24-9-14-15(10-24)18(14,19)20)2-3-13(8-23)22-16(25)11-4-5-21-6-11;2-1-3/h4-6,12-15,21H,2-3,7-10H2,1H3,(H,22,25);1H,(H,2,3)/t12-,13+,14?,15?;/m1./s1. The number of carboxylic acid groups (broad SMARTS) is 1. The van der Waals surface area contributed by atoms with Gasteiger partial charge in [-0.2, -0.15) is 0 Å². The summed E-state index contributed by atoms with van der Waals surface area (Å²) in [6.45, 7) is 1.38. The number of nitrogens with zero attached hydrogens (tertiary/aromatic N) is 2. The Morgan fingerprint density at radius 2 is 1.90 bits per heavy atom. The van der Waals surface area contributed by atoms with E-state index in [2.05, 4.69) is 10.3 Å². The van der Waals surface area contributed by atoms with E-state index in [4.69, 9.17) is 9.90 Å². The Labute approximate surface area is 167 Å². The number of carbonyl (C=O) groups excluding carboxylic acids is 2. The van der Waals surface area contributed by atoms with E-state index in [1.54, 1.807) is 23.4 Å². The summed E-state index contributed by atoms with van der Waals surface area (Å²) in [4.78, 5) is 39.9. The molecule has 3 heterocycles. The van der Waals surface area contributed by atoms with Crippen LogP contribution in [0.15, 0.2) is 18.5 Å². The molecule has 2 amide bonds. The molecule has 3 aliphatic rings. The molecular formula is C19H26F2N4O4. The van der Waals surface area contributed by atoms with Crippen molar-refractivity contribution in [1.82, 2.24) is 20.1 Å². The van der Waals surface area contributed by atoms with Gasteiger partial charge in [0, 0.05) is 44.6 Å². The van der Waals surface area contributed by atoms with Gasteiger partial charge in [-0.3, -0.25) is 14.4 Å². The molecule has 8 nitrogen and oxygen atoms in total. The van der Waals surface area contributed by atoms with Crippen molar-refractivity contribution in [3.8, 4) is 0 Å². The van der Waals surface area contributed by atoms with Crippen LogP contribution >= 0.6 is 0 Å². The molecule has 1 aromatic heterocycles. The molecule has 0 spiro atoms. The molecule has 0 aromatic carbocycles. The smallest absolute Gasteiger partial charge is 0.290 e. The van der Waals surface area contributed by atoms with E-state index in [0.717, 1.165) is 0 Å². The normalized spacial score (nSPS) is 30.4. The van der Waals surface area contributed by atoms with Crippen molar-refractivity contribution in [3.63, 3.8) is 0 Å². The van der Waals surface area contributed by atoms with Crippen LogP contribution in [0.4, 0.5) is 8.78 Å². The summed E-state index contributed by atoms with van der Waals surface area (Å²) in [5.41, 5.74) is 0.585. The summed E-state index contributed by atoms with van der Waals surface area (Å²) in [5.74, 6) is -4.18. The number of halogens is 2. The number of carbonyl (C=O) groups is 3. The molecule has 0 radical (unpaired) electrons. The molecule has 0 bridgehead atoms. The fraction of sp³-hybridized carbons (Fsp3) is 0.632. The van der Waals surface area contributed by atoms with E-state index in [1.165, 1.54) is 0 Å². The molecule has 1 aromatic rings. The van der Waals surface area contributed by atoms with Gasteiger partial charge in [-0.05, 0) is 26.0 Å². The number of H-pyrrole nitrogens is 1. The van der Waals surface area contributed by atoms with Crippen LogP contribution in [0, 0.1) is 17.8 Å². The number of aromatic amines is 1. The predicted octanol–water partition coefficient (Wildman–Crippen LogP) is 0.879. The number of fused-ring (bicyclic) bond motifs is 1. The number of nitrogens with one attached hydrogen (secondary N) is 2. The lowest BCUT2D eigenvalue weighted by molar-refractivity contribution is -0.136. The molecular weight excluding hydrogens is 386 g/mol. The number of rotatable bonds is 3. The maximum Gasteiger partial charge on any atom is 0.290 e. The van der Waals surface area contributed by atoms with Gasteiger partial charge in [-0.15, -0.1) is 0 Å². The van der Waals surface area contributed by atoms with E-state index in [9.17, 15) is 18.4 Å². The number of hydrogen-bond donors (Lipinski definition) is 3. The van der Waals surface area contributed by atoms with Crippen molar-refractivity contribution in [2.45, 2.75) is 24.8 Å². The minimum atomic E-state index is -2.56. The highest BCUT2D eigenvalue weighted by Crippen LogP contribution is 2.59. The van der Waals surface area contributed by atoms with Gasteiger partial charge in [0.2, 0.25) is 5.91 Å². The van der Waals surface area contributed by atoms with Crippen molar-refractivity contribution in [2.75, 3.05) is 33.2 Å². The van der Waals surface area contributed by atoms with Gasteiger partial charge >= 0.3 is 0 Å². The molecule has 3 N–H and O–H groups in total. The van der Waals surface area contributed by atoms with Crippen LogP contribution < -0.4 is 5.32 Å². The Hall–Kier alpha value is -2.49. The fourth-order valence-corrected chi connectivity index (χ4v) is 4.41. The third-order valence-corrected chi connectivity index (χ3v) is 5.98. The Morgan fingerprint density at radius 3 is 2.48 bits per heavy atom. The number of likely N-dealkylation sites (tertiary alicyclic amines) is 2. The zero-order valence-corrected chi connectivity index (χ0v) is 16.2. The number of amides is 2. The molecule has 4 rings (SSSR count). The van der Waals surface area contributed by atoms with Gasteiger partial charge in [0.25, 0.3) is 18.3 Å². The van der Waals surface area contributed by atoms with Crippen molar-refractivity contribution in [2.24, 2.45) is 17.8 Å². The quantitative estimate of drug-likeness (QED) is 0.639. The second kappa shape index (κ2) is 8.48. The highest BCUT2D eigenvalue weighted by molar-refractivity contribution is 5.94. The Balaban J connectivity index is 0.000000755. The first kappa shape index (κ1) is 21.2. The molecule has 3 fully saturated rings. The first-order valence-electron chi connectivity index (χ1n) is 9.64. The molecule has 1 saturated carbocycles. The number of aromatic nitrogens is 1. The van der Waals surface area contributed by atoms with Crippen LogP contribution in [0.2, 0.25) is 0 Å². The lowest BCUT2D eigenvalue weighted by Crippen LogP contribution is -2.42. The summed E-state index contributed by atoms with van der Waals surface area (Å²) in [7, 11) is 1.93. The molecule has 2 unspecified atom stereocenters. The number of alkyl halides is 2. The maximum atomic E-state index is 13.3. The van der Waals surface area contributed by atoms with Crippen LogP contribution in [0.3, 0.4) is 0 Å². The first-order valence-corrected chi connectivity index (χ1v) is 9.64. The highest BCUT2D eigenvalue weighted by Gasteiger charge is 2.72. The van der Waals surface area contributed by atoms with Crippen LogP contribution in [-0.4, -0.2) is 83.4 Å². The zero-order valence-electron chi connectivity index (χ0n) is 16.2. The van der Waals surface area contributed by atoms with Crippen molar-refractivity contribution in [1.29, 1.82) is 0 Å². The molecule has 1 aliphatic carbocycles. The average Bonchev–Trinajstić information content (AvgIpc) is 3.13. The van der Waals surface area contributed by atoms with Crippen LogP contribution in [-0.2, 0) is 9.59 Å². The zero-order chi connectivity index (χ0) is 21.2. The van der Waals surface area contributed by atoms with E-state index >= 15 is 0 Å². The Bertz CT molecular complexity index is 729. The van der Waals surface area contributed by atoms with Gasteiger partial charge in [0.1, 0.15) is 0 Å². The number of hydrogen-bond acceptors (Lipinski definition) is 4. The van der Waals surface area contributed by atoms with Crippen molar-refractivity contribution < 1.29 is 28.3 Å². The molecule has 2 aliphatic heterocycles. The average molecular weight is 412 g/mol. The topological polar surface area (TPSA) is 106 Å². The minimum absolute atomic E-state index is 0.0162. The fourth-order valence-electron chi connectivity index (χ4n) is 4.41. The molecule has 4 atom stereocenters. The second-order valence-corrected chi connectivity index (χ2v) is 8.00. The summed E-state index contributed by atoms with van der Waals surface area (Å²) >= 11 is 0. The van der Waals surface area contributed by atoms with Crippen LogP contribution in [0.25, 0.3) is 0 Å². The van der Waals surface area contributed by atoms with Crippen molar-refractivity contribution >= 4 is 18.3 Å². The summed E-state index contributed by atoms with van der Waals surface area (Å²) < 4.78 is 26.7. The predicted molar refractivity (Wildman–Crippen MR) is 99.5 cm³/mol. The van der Waals surface area contributed by atoms with E-state index in [0.29, 0.717) is 31.5 Å². The number of likely N-dealkylation sites (N-methyl/N-ethyl adjacent to an activating group) is 1. The third-order valence-electron chi connectivity index (χ3n) is 5.98. The van der Waals surface area contributed by atoms with E-state index < -0.39 is 17.8 Å². The summed E-state index contributed by atoms with van der Waals surface area (Å²) in [6.07, 6.45) is 4.71. The summed E-state index contributed by atoms with van der Waals surface area (Å²) in [5, 5.41) is 9.91. The van der Waals surface area contributed by atoms with Gasteiger partial charge in [-0.25, -0.2) is 8.78 Å². The number of piperidine rings is 1. The van der Waals surface area contributed by atoms with E-state index in [1.807, 2.05) is 11.9 Å². The highest BCUT2D eigenvalue weighted by atomic mass is 19.3. The van der Waals surface area contributed by atoms with Gasteiger partial charge in [0.05, 0.1) is 23.3 Å². The van der Waals surface area contributed by atoms with Crippen molar-refractivity contribution in [3.05, 3.63) is 24.0 Å².